The summed E-state index contributed by atoms with van der Waals surface area (Å²) in [5.41, 5.74) is 3.15. The molecule has 196 valence electrons. The van der Waals surface area contributed by atoms with Crippen molar-refractivity contribution in [3.8, 4) is 5.75 Å². The normalized spacial score (nSPS) is 12.0. The van der Waals surface area contributed by atoms with Crippen LogP contribution in [0, 0.1) is 0 Å². The zero-order valence-electron chi connectivity index (χ0n) is 22.2. The molecular formula is C31H37BrN2O3. The summed E-state index contributed by atoms with van der Waals surface area (Å²) in [6.07, 6.45) is 1.23. The van der Waals surface area contributed by atoms with Crippen molar-refractivity contribution in [3.05, 3.63) is 100 Å². The van der Waals surface area contributed by atoms with E-state index in [1.807, 2.05) is 85.8 Å². The highest BCUT2D eigenvalue weighted by atomic mass is 79.9. The van der Waals surface area contributed by atoms with E-state index in [4.69, 9.17) is 4.74 Å². The maximum atomic E-state index is 13.7. The van der Waals surface area contributed by atoms with E-state index in [9.17, 15) is 9.59 Å². The molecule has 0 radical (unpaired) electrons. The molecule has 37 heavy (non-hydrogen) atoms. The Hall–Kier alpha value is -3.12. The molecule has 3 aromatic carbocycles. The van der Waals surface area contributed by atoms with Crippen molar-refractivity contribution in [1.29, 1.82) is 0 Å². The number of hydrogen-bond acceptors (Lipinski definition) is 3. The summed E-state index contributed by atoms with van der Waals surface area (Å²) in [5.74, 6) is 0.217. The SMILES string of the molecule is CCCNC(=O)C(Cc1ccccc1)N(Cc1cccc(Br)c1)C(=O)COc1ccc(C(C)(C)C)cc1. The van der Waals surface area contributed by atoms with Crippen molar-refractivity contribution in [3.63, 3.8) is 0 Å². The quantitative estimate of drug-likeness (QED) is 0.297. The third kappa shape index (κ3) is 8.74. The van der Waals surface area contributed by atoms with Crippen LogP contribution in [0.5, 0.6) is 5.75 Å². The molecule has 3 aromatic rings. The Bertz CT molecular complexity index is 1160. The summed E-state index contributed by atoms with van der Waals surface area (Å²) in [6, 6.07) is 24.7. The molecule has 0 heterocycles. The first-order chi connectivity index (χ1) is 17.7. The highest BCUT2D eigenvalue weighted by molar-refractivity contribution is 9.10. The van der Waals surface area contributed by atoms with Crippen LogP contribution < -0.4 is 10.1 Å². The van der Waals surface area contributed by atoms with Crippen LogP contribution >= 0.6 is 15.9 Å². The van der Waals surface area contributed by atoms with Crippen molar-refractivity contribution < 1.29 is 14.3 Å². The van der Waals surface area contributed by atoms with E-state index in [-0.39, 0.29) is 23.8 Å². The number of rotatable bonds is 11. The Labute approximate surface area is 229 Å². The Balaban J connectivity index is 1.86. The summed E-state index contributed by atoms with van der Waals surface area (Å²) in [5, 5.41) is 3.00. The largest absolute Gasteiger partial charge is 0.484 e. The minimum atomic E-state index is -0.674. The van der Waals surface area contributed by atoms with Gasteiger partial charge in [0, 0.05) is 24.0 Å². The van der Waals surface area contributed by atoms with Crippen LogP contribution in [0.15, 0.2) is 83.3 Å². The lowest BCUT2D eigenvalue weighted by Crippen LogP contribution is -2.51. The Morgan fingerprint density at radius 1 is 0.946 bits per heavy atom. The fourth-order valence-electron chi connectivity index (χ4n) is 4.03. The molecule has 0 fully saturated rings. The maximum absolute atomic E-state index is 13.7. The number of hydrogen-bond donors (Lipinski definition) is 1. The standard InChI is InChI=1S/C31H37BrN2O3/c1-5-18-33-30(36)28(20-23-10-7-6-8-11-23)34(21-24-12-9-13-26(32)19-24)29(35)22-37-27-16-14-25(15-17-27)31(2,3)4/h6-17,19,28H,5,18,20-22H2,1-4H3,(H,33,36). The summed E-state index contributed by atoms with van der Waals surface area (Å²) in [4.78, 5) is 28.7. The lowest BCUT2D eigenvalue weighted by atomic mass is 9.87. The van der Waals surface area contributed by atoms with Crippen LogP contribution in [-0.2, 0) is 28.0 Å². The Kier molecular flexibility index (Phi) is 10.3. The molecule has 3 rings (SSSR count). The van der Waals surface area contributed by atoms with Gasteiger partial charge in [-0.25, -0.2) is 0 Å². The zero-order chi connectivity index (χ0) is 26.8. The molecule has 1 N–H and O–H groups in total. The van der Waals surface area contributed by atoms with Gasteiger partial charge >= 0.3 is 0 Å². The number of nitrogens with zero attached hydrogens (tertiary/aromatic N) is 1. The molecule has 1 atom stereocenters. The molecule has 0 saturated carbocycles. The van der Waals surface area contributed by atoms with E-state index in [1.54, 1.807) is 4.90 Å². The van der Waals surface area contributed by atoms with Crippen molar-refractivity contribution >= 4 is 27.7 Å². The Morgan fingerprint density at radius 3 is 2.24 bits per heavy atom. The van der Waals surface area contributed by atoms with Crippen LogP contribution in [0.25, 0.3) is 0 Å². The second kappa shape index (κ2) is 13.4. The molecule has 0 aromatic heterocycles. The van der Waals surface area contributed by atoms with Gasteiger partial charge in [-0.1, -0.05) is 98.2 Å². The van der Waals surface area contributed by atoms with Crippen molar-refractivity contribution in [1.82, 2.24) is 10.2 Å². The number of amides is 2. The molecule has 6 heteroatoms. The molecule has 0 aliphatic heterocycles. The van der Waals surface area contributed by atoms with Gasteiger partial charge < -0.3 is 15.0 Å². The van der Waals surface area contributed by atoms with Crippen LogP contribution in [0.4, 0.5) is 0 Å². The monoisotopic (exact) mass is 564 g/mol. The number of benzene rings is 3. The van der Waals surface area contributed by atoms with Gasteiger partial charge in [0.05, 0.1) is 0 Å². The van der Waals surface area contributed by atoms with Gasteiger partial charge in [0.2, 0.25) is 5.91 Å². The van der Waals surface area contributed by atoms with E-state index < -0.39 is 6.04 Å². The molecule has 5 nitrogen and oxygen atoms in total. The third-order valence-corrected chi connectivity index (χ3v) is 6.64. The molecular weight excluding hydrogens is 528 g/mol. The second-order valence-corrected chi connectivity index (χ2v) is 11.1. The predicted molar refractivity (Wildman–Crippen MR) is 153 cm³/mol. The molecule has 2 amide bonds. The van der Waals surface area contributed by atoms with Crippen LogP contribution in [0.1, 0.15) is 50.8 Å². The molecule has 0 bridgehead atoms. The summed E-state index contributed by atoms with van der Waals surface area (Å²) in [7, 11) is 0. The van der Waals surface area contributed by atoms with Crippen molar-refractivity contribution in [2.45, 2.75) is 58.5 Å². The lowest BCUT2D eigenvalue weighted by molar-refractivity contribution is -0.142. The Morgan fingerprint density at radius 2 is 1.62 bits per heavy atom. The number of ether oxygens (including phenoxy) is 1. The first-order valence-corrected chi connectivity index (χ1v) is 13.6. The van der Waals surface area contributed by atoms with E-state index in [0.29, 0.717) is 25.3 Å². The number of nitrogens with one attached hydrogen (secondary N) is 1. The van der Waals surface area contributed by atoms with E-state index in [1.165, 1.54) is 5.56 Å². The fourth-order valence-corrected chi connectivity index (χ4v) is 4.48. The minimum absolute atomic E-state index is 0.0333. The average Bonchev–Trinajstić information content (AvgIpc) is 2.88. The van der Waals surface area contributed by atoms with Gasteiger partial charge in [-0.15, -0.1) is 0 Å². The van der Waals surface area contributed by atoms with E-state index in [2.05, 4.69) is 42.0 Å². The highest BCUT2D eigenvalue weighted by Crippen LogP contribution is 2.24. The van der Waals surface area contributed by atoms with Gasteiger partial charge in [0.1, 0.15) is 11.8 Å². The van der Waals surface area contributed by atoms with Gasteiger partial charge in [-0.3, -0.25) is 9.59 Å². The molecule has 0 saturated heterocycles. The van der Waals surface area contributed by atoms with Crippen LogP contribution in [-0.4, -0.2) is 35.9 Å². The summed E-state index contributed by atoms with van der Waals surface area (Å²) in [6.45, 7) is 9.17. The lowest BCUT2D eigenvalue weighted by Gasteiger charge is -2.31. The molecule has 0 aliphatic carbocycles. The molecule has 0 aliphatic rings. The summed E-state index contributed by atoms with van der Waals surface area (Å²) >= 11 is 3.52. The van der Waals surface area contributed by atoms with Crippen molar-refractivity contribution in [2.24, 2.45) is 0 Å². The minimum Gasteiger partial charge on any atom is -0.484 e. The zero-order valence-corrected chi connectivity index (χ0v) is 23.8. The first-order valence-electron chi connectivity index (χ1n) is 12.8. The van der Waals surface area contributed by atoms with E-state index >= 15 is 0 Å². The number of halogens is 1. The van der Waals surface area contributed by atoms with Gasteiger partial charge in [0.25, 0.3) is 5.91 Å². The second-order valence-electron chi connectivity index (χ2n) is 10.2. The van der Waals surface area contributed by atoms with Crippen molar-refractivity contribution in [2.75, 3.05) is 13.2 Å². The first kappa shape index (κ1) is 28.5. The van der Waals surface area contributed by atoms with Crippen LogP contribution in [0.2, 0.25) is 0 Å². The maximum Gasteiger partial charge on any atom is 0.261 e. The molecule has 0 spiro atoms. The molecule has 1 unspecified atom stereocenters. The van der Waals surface area contributed by atoms with Crippen LogP contribution in [0.3, 0.4) is 0 Å². The highest BCUT2D eigenvalue weighted by Gasteiger charge is 2.30. The fraction of sp³-hybridized carbons (Fsp3) is 0.355. The van der Waals surface area contributed by atoms with Gasteiger partial charge in [-0.2, -0.15) is 0 Å². The van der Waals surface area contributed by atoms with Gasteiger partial charge in [-0.05, 0) is 52.8 Å². The smallest absolute Gasteiger partial charge is 0.261 e. The van der Waals surface area contributed by atoms with Gasteiger partial charge in [0.15, 0.2) is 6.61 Å². The van der Waals surface area contributed by atoms with E-state index in [0.717, 1.165) is 22.0 Å². The predicted octanol–water partition coefficient (Wildman–Crippen LogP) is 6.29. The topological polar surface area (TPSA) is 58.6 Å². The third-order valence-electron chi connectivity index (χ3n) is 6.14. The number of carbonyl (C=O) groups excluding carboxylic acids is 2. The summed E-state index contributed by atoms with van der Waals surface area (Å²) < 4.78 is 6.83. The average molecular weight is 566 g/mol. The number of carbonyl (C=O) groups is 2.